The van der Waals surface area contributed by atoms with Crippen LogP contribution in [0, 0.1) is 0 Å². The van der Waals surface area contributed by atoms with E-state index in [1.54, 1.807) is 0 Å². The zero-order valence-electron chi connectivity index (χ0n) is 22.7. The molecule has 4 aromatic heterocycles. The molecule has 0 radical (unpaired) electrons. The van der Waals surface area contributed by atoms with Crippen molar-refractivity contribution in [3.8, 4) is 0 Å². The van der Waals surface area contributed by atoms with E-state index in [0.717, 1.165) is 10.9 Å². The van der Waals surface area contributed by atoms with Crippen LogP contribution in [0.15, 0.2) is 22.2 Å². The van der Waals surface area contributed by atoms with Gasteiger partial charge in [-0.05, 0) is 11.8 Å². The van der Waals surface area contributed by atoms with Crippen molar-refractivity contribution < 1.29 is 47.2 Å². The van der Waals surface area contributed by atoms with E-state index in [4.69, 9.17) is 50.8 Å². The summed E-state index contributed by atoms with van der Waals surface area (Å²) in [5, 5.41) is 22.4. The second-order valence-corrected chi connectivity index (χ2v) is 16.8. The Balaban J connectivity index is 1.22. The molecule has 2 unspecified atom stereocenters. The molecule has 3 saturated heterocycles. The number of ether oxygens (including phenoxy) is 2. The largest absolute Gasteiger partial charge is 0.387 e. The average molecular weight is 740 g/mol. The van der Waals surface area contributed by atoms with E-state index in [2.05, 4.69) is 37.2 Å². The number of aromatic amines is 1. The van der Waals surface area contributed by atoms with Gasteiger partial charge >= 0.3 is 18.4 Å². The van der Waals surface area contributed by atoms with E-state index in [9.17, 15) is 29.3 Å². The number of imidazole rings is 1. The van der Waals surface area contributed by atoms with Gasteiger partial charge in [-0.2, -0.15) is 4.98 Å². The number of aliphatic hydroxyl groups is 2. The number of thiazole rings is 1. The molecule has 2 bridgehead atoms. The van der Waals surface area contributed by atoms with Gasteiger partial charge in [0.15, 0.2) is 29.3 Å². The van der Waals surface area contributed by atoms with Crippen molar-refractivity contribution in [2.45, 2.75) is 49.1 Å². The molecule has 248 valence electrons. The van der Waals surface area contributed by atoms with Crippen molar-refractivity contribution in [1.82, 2.24) is 34.1 Å². The van der Waals surface area contributed by atoms with Gasteiger partial charge in [0.1, 0.15) is 53.5 Å². The number of nitrogens with two attached hydrogens (primary N) is 2. The summed E-state index contributed by atoms with van der Waals surface area (Å²) in [6.07, 6.45) is -9.42. The summed E-state index contributed by atoms with van der Waals surface area (Å²) >= 11 is 9.97. The summed E-state index contributed by atoms with van der Waals surface area (Å²) in [5.74, 6) is -0.208. The van der Waals surface area contributed by atoms with Crippen molar-refractivity contribution >= 4 is 82.2 Å². The second-order valence-electron chi connectivity index (χ2n) is 10.2. The van der Waals surface area contributed by atoms with E-state index < -0.39 is 86.2 Å². The lowest BCUT2D eigenvalue weighted by atomic mass is 10.1. The molecule has 7 rings (SSSR count). The molecule has 0 amide bonds. The van der Waals surface area contributed by atoms with E-state index in [-0.39, 0.29) is 33.3 Å². The monoisotopic (exact) mass is 739 g/mol. The lowest BCUT2D eigenvalue weighted by molar-refractivity contribution is -0.0597. The quantitative estimate of drug-likeness (QED) is 0.0932. The fraction of sp³-hybridized carbons (Fsp3) is 0.500. The molecule has 0 aliphatic carbocycles. The highest BCUT2D eigenvalue weighted by Gasteiger charge is 2.53. The van der Waals surface area contributed by atoms with E-state index >= 15 is 0 Å². The zero-order chi connectivity index (χ0) is 32.7. The standard InChI is InChI=1S/C20H23N9O12P2S3/c21-13-12-15(24-3-23-13)29(20(33)46-12)17-9(31)10-6(39-17)2-37-43(35,45)41-11-8(30)5(1-36-42(34,44)40-10)38-18(11)28-4-25-7-14(28)26-19(22)27-16(7)32/h3-6,8-11,17-18,30-31H,1-2H2,(H,34,44)(H,35,45)(H2,21,23,24)(H3,22,26,27,32)/t5-,6-,8-,9-,10-,11-,17-,18-,42?,43?/m1/s1. The Morgan fingerprint density at radius 2 is 1.76 bits per heavy atom. The number of aromatic nitrogens is 7. The summed E-state index contributed by atoms with van der Waals surface area (Å²) in [6, 6.07) is 0. The predicted octanol–water partition coefficient (Wildman–Crippen LogP) is -1.26. The van der Waals surface area contributed by atoms with Crippen LogP contribution in [-0.2, 0) is 43.9 Å². The molecular formula is C20H23N9O12P2S3. The van der Waals surface area contributed by atoms with Gasteiger partial charge in [-0.25, -0.2) is 19.5 Å². The Labute approximate surface area is 269 Å². The lowest BCUT2D eigenvalue weighted by Crippen LogP contribution is -2.36. The van der Waals surface area contributed by atoms with Crippen molar-refractivity contribution in [3.05, 3.63) is 32.7 Å². The summed E-state index contributed by atoms with van der Waals surface area (Å²) in [5.41, 5.74) is 10.8. The summed E-state index contributed by atoms with van der Waals surface area (Å²) in [6.45, 7) is -9.93. The molecule has 8 N–H and O–H groups in total. The van der Waals surface area contributed by atoms with Gasteiger partial charge < -0.3 is 40.6 Å². The number of anilines is 2. The zero-order valence-corrected chi connectivity index (χ0v) is 27.0. The third-order valence-electron chi connectivity index (χ3n) is 7.34. The number of H-pyrrole nitrogens is 1. The van der Waals surface area contributed by atoms with Crippen LogP contribution >= 0.6 is 37.1 Å². The predicted molar refractivity (Wildman–Crippen MR) is 163 cm³/mol. The van der Waals surface area contributed by atoms with E-state index in [1.165, 1.54) is 10.9 Å². The van der Waals surface area contributed by atoms with Crippen LogP contribution in [0.3, 0.4) is 0 Å². The number of aliphatic hydroxyl groups excluding tert-OH is 2. The molecule has 0 saturated carbocycles. The third kappa shape index (κ3) is 5.60. The average Bonchev–Trinajstić information content (AvgIpc) is 3.70. The molecule has 0 spiro atoms. The molecule has 3 aliphatic heterocycles. The molecule has 46 heavy (non-hydrogen) atoms. The highest BCUT2D eigenvalue weighted by molar-refractivity contribution is 8.44. The first kappa shape index (κ1) is 32.2. The summed E-state index contributed by atoms with van der Waals surface area (Å²) in [7, 11) is 0. The highest BCUT2D eigenvalue weighted by Crippen LogP contribution is 2.58. The summed E-state index contributed by atoms with van der Waals surface area (Å²) < 4.78 is 50.1. The van der Waals surface area contributed by atoms with Gasteiger partial charge in [0.2, 0.25) is 5.95 Å². The number of fused-ring (bicyclic) bond motifs is 5. The number of hydrogen-bond acceptors (Lipinski definition) is 19. The number of nitrogens with zero attached hydrogens (tertiary/aromatic N) is 6. The number of nitrogen functional groups attached to an aromatic ring is 2. The molecule has 26 heteroatoms. The normalized spacial score (nSPS) is 37.1. The molecule has 0 aromatic carbocycles. The second kappa shape index (κ2) is 11.6. The molecule has 4 aromatic rings. The Hall–Kier alpha value is -2.41. The third-order valence-corrected chi connectivity index (χ3v) is 11.5. The van der Waals surface area contributed by atoms with Gasteiger partial charge in [-0.15, -0.1) is 0 Å². The van der Waals surface area contributed by atoms with E-state index in [1.807, 2.05) is 0 Å². The number of hydrogen-bond donors (Lipinski definition) is 7. The maximum Gasteiger partial charge on any atom is 0.386 e. The van der Waals surface area contributed by atoms with Gasteiger partial charge in [0, 0.05) is 0 Å². The first-order valence-electron chi connectivity index (χ1n) is 13.1. The molecule has 7 heterocycles. The number of rotatable bonds is 2. The molecule has 21 nitrogen and oxygen atoms in total. The highest BCUT2D eigenvalue weighted by atomic mass is 32.7. The Bertz CT molecular complexity index is 2060. The van der Waals surface area contributed by atoms with Crippen LogP contribution in [0.4, 0.5) is 11.8 Å². The maximum absolute atomic E-state index is 13.4. The van der Waals surface area contributed by atoms with Crippen molar-refractivity contribution in [2.75, 3.05) is 24.7 Å². The minimum absolute atomic E-state index is 0.0268. The molecular weight excluding hydrogens is 716 g/mol. The summed E-state index contributed by atoms with van der Waals surface area (Å²) in [4.78, 5) is 54.1. The van der Waals surface area contributed by atoms with Gasteiger partial charge in [-0.1, -0.05) is 23.6 Å². The topological polar surface area (TPSA) is 297 Å². The molecule has 3 aliphatic rings. The van der Waals surface area contributed by atoms with Crippen LogP contribution in [0.2, 0.25) is 0 Å². The maximum atomic E-state index is 13.4. The Morgan fingerprint density at radius 3 is 2.54 bits per heavy atom. The van der Waals surface area contributed by atoms with Gasteiger partial charge in [0.05, 0.1) is 19.5 Å². The lowest BCUT2D eigenvalue weighted by Gasteiger charge is -2.27. The molecule has 3 fully saturated rings. The molecule has 10 atom stereocenters. The minimum Gasteiger partial charge on any atom is -0.387 e. The fourth-order valence-corrected chi connectivity index (χ4v) is 9.09. The van der Waals surface area contributed by atoms with Crippen LogP contribution < -0.4 is 21.9 Å². The van der Waals surface area contributed by atoms with Crippen molar-refractivity contribution in [3.63, 3.8) is 0 Å². The fourth-order valence-electron chi connectivity index (χ4n) is 5.32. The van der Waals surface area contributed by atoms with Crippen LogP contribution in [-0.4, -0.2) is 99.0 Å². The Kier molecular flexibility index (Phi) is 8.13. The van der Waals surface area contributed by atoms with Crippen LogP contribution in [0.5, 0.6) is 0 Å². The Morgan fingerprint density at radius 1 is 1.02 bits per heavy atom. The smallest absolute Gasteiger partial charge is 0.386 e. The number of thiol groups is 1. The minimum atomic E-state index is -4.39. The van der Waals surface area contributed by atoms with Crippen LogP contribution in [0.1, 0.15) is 12.5 Å². The van der Waals surface area contributed by atoms with Gasteiger partial charge in [0.25, 0.3) is 5.56 Å². The first-order chi connectivity index (χ1) is 21.7. The number of nitrogens with one attached hydrogen (secondary N) is 1. The first-order valence-corrected chi connectivity index (χ1v) is 19.2. The SMILES string of the molecule is Nc1nc2c(ncn2[C@@H]2O[C@@H]3COP(=O)(S)O[C@H]4[C@@H](O)[C@H](n5c(=O)sc6c(N)ncnc65)O[C@@H]4COP(O)(=S)O[C@@H]2[C@@H]3O)c(=O)[nH]1. The van der Waals surface area contributed by atoms with Crippen molar-refractivity contribution in [2.24, 2.45) is 0 Å². The van der Waals surface area contributed by atoms with E-state index in [0.29, 0.717) is 11.3 Å². The van der Waals surface area contributed by atoms with Crippen LogP contribution in [0.25, 0.3) is 21.5 Å². The van der Waals surface area contributed by atoms with Gasteiger partial charge in [-0.3, -0.25) is 37.3 Å². The van der Waals surface area contributed by atoms with Crippen molar-refractivity contribution in [1.29, 1.82) is 0 Å².